The normalized spacial score (nSPS) is 44.0. The molecule has 0 heterocycles. The first kappa shape index (κ1) is 33.4. The summed E-state index contributed by atoms with van der Waals surface area (Å²) in [6.07, 6.45) is 11.0. The number of fused-ring (bicyclic) bond motifs is 7. The summed E-state index contributed by atoms with van der Waals surface area (Å²) < 4.78 is 6.07. The van der Waals surface area contributed by atoms with E-state index in [4.69, 9.17) is 4.74 Å². The summed E-state index contributed by atoms with van der Waals surface area (Å²) in [5.41, 5.74) is -1.23. The Morgan fingerprint density at radius 1 is 0.867 bits per heavy atom. The molecule has 9 atom stereocenters. The quantitative estimate of drug-likeness (QED) is 0.177. The Morgan fingerprint density at radius 3 is 2.07 bits per heavy atom. The third-order valence-corrected chi connectivity index (χ3v) is 14.4. The molecule has 0 aromatic heterocycles. The molecule has 0 amide bonds. The van der Waals surface area contributed by atoms with Gasteiger partial charge in [0.05, 0.1) is 16.6 Å². The number of ether oxygens (including phenoxy) is 1. The summed E-state index contributed by atoms with van der Waals surface area (Å²) in [5, 5.41) is 19.7. The lowest BCUT2D eigenvalue weighted by molar-refractivity contribution is -0.209. The molecule has 4 fully saturated rings. The molecule has 5 rings (SSSR count). The molecule has 7 nitrogen and oxygen atoms in total. The smallest absolute Gasteiger partial charge is 0.339 e. The van der Waals surface area contributed by atoms with Crippen molar-refractivity contribution in [2.45, 2.75) is 112 Å². The first-order chi connectivity index (χ1) is 20.8. The van der Waals surface area contributed by atoms with E-state index in [0.29, 0.717) is 25.7 Å². The maximum absolute atomic E-state index is 14.6. The molecule has 2 N–H and O–H groups in total. The van der Waals surface area contributed by atoms with Crippen molar-refractivity contribution >= 4 is 23.7 Å². The second kappa shape index (κ2) is 10.5. The zero-order valence-electron chi connectivity index (χ0n) is 28.3. The largest absolute Gasteiger partial charge is 0.481 e. The predicted molar refractivity (Wildman–Crippen MR) is 172 cm³/mol. The lowest BCUT2D eigenvalue weighted by atomic mass is 9.33. The molecule has 0 saturated heterocycles. The molecule has 1 unspecified atom stereocenters. The summed E-state index contributed by atoms with van der Waals surface area (Å²) in [6, 6.07) is 0. The van der Waals surface area contributed by atoms with Gasteiger partial charge in [-0.15, -0.1) is 0 Å². The number of carbonyl (C=O) groups is 4. The average Bonchev–Trinajstić information content (AvgIpc) is 2.94. The highest BCUT2D eigenvalue weighted by atomic mass is 16.5. The molecule has 0 aliphatic heterocycles. The first-order valence-corrected chi connectivity index (χ1v) is 16.7. The second-order valence-corrected chi connectivity index (χ2v) is 16.9. The van der Waals surface area contributed by atoms with Crippen molar-refractivity contribution in [1.82, 2.24) is 0 Å². The van der Waals surface area contributed by atoms with Gasteiger partial charge in [-0.05, 0) is 104 Å². The number of allylic oxidation sites excluding steroid dienone is 2. The molecule has 5 aliphatic carbocycles. The highest BCUT2D eigenvalue weighted by Gasteiger charge is 2.70. The first-order valence-electron chi connectivity index (χ1n) is 16.7. The van der Waals surface area contributed by atoms with Gasteiger partial charge < -0.3 is 14.9 Å². The number of carboxylic acids is 2. The van der Waals surface area contributed by atoms with Gasteiger partial charge in [-0.2, -0.15) is 0 Å². The third-order valence-electron chi connectivity index (χ3n) is 14.4. The third kappa shape index (κ3) is 4.57. The zero-order chi connectivity index (χ0) is 33.5. The number of hydrogen-bond donors (Lipinski definition) is 2. The molecular formula is C38H52O7. The van der Waals surface area contributed by atoms with Crippen molar-refractivity contribution in [3.8, 4) is 0 Å². The van der Waals surface area contributed by atoms with Gasteiger partial charge in [-0.3, -0.25) is 9.59 Å². The Labute approximate surface area is 268 Å². The van der Waals surface area contributed by atoms with Gasteiger partial charge in [0.2, 0.25) is 0 Å². The summed E-state index contributed by atoms with van der Waals surface area (Å²) in [6.45, 7) is 22.6. The molecule has 45 heavy (non-hydrogen) atoms. The number of ketones is 1. The molecular weight excluding hydrogens is 568 g/mol. The van der Waals surface area contributed by atoms with Crippen LogP contribution in [0.1, 0.15) is 106 Å². The molecule has 5 aliphatic rings. The fourth-order valence-electron chi connectivity index (χ4n) is 11.4. The fraction of sp³-hybridized carbons (Fsp3) is 0.684. The Balaban J connectivity index is 1.50. The molecule has 0 spiro atoms. The SMILES string of the molecule is C=C/C(C(=O)O)=C(\C=C)C(=O)O[C@H]1CC[C@@]2(C)C(CC[C@]3(C)[C@@H]2C(=O)C=C2[C@@H]4C[C@@](C)(C(=O)O)CC[C@]4(C)CC[C@]23C)C1(C)C. The lowest BCUT2D eigenvalue weighted by Gasteiger charge is -2.70. The van der Waals surface area contributed by atoms with E-state index in [0.717, 1.165) is 38.2 Å². The van der Waals surface area contributed by atoms with Crippen LogP contribution >= 0.6 is 0 Å². The minimum absolute atomic E-state index is 0.000346. The average molecular weight is 621 g/mol. The van der Waals surface area contributed by atoms with Gasteiger partial charge in [0.25, 0.3) is 0 Å². The van der Waals surface area contributed by atoms with E-state index in [1.54, 1.807) is 0 Å². The van der Waals surface area contributed by atoms with E-state index in [1.807, 2.05) is 13.0 Å². The highest BCUT2D eigenvalue weighted by Crippen LogP contribution is 2.75. The van der Waals surface area contributed by atoms with Crippen LogP contribution < -0.4 is 0 Å². The summed E-state index contributed by atoms with van der Waals surface area (Å²) in [7, 11) is 0. The number of esters is 1. The van der Waals surface area contributed by atoms with E-state index < -0.39 is 34.8 Å². The Hall–Kier alpha value is -2.96. The molecule has 0 aromatic rings. The fourth-order valence-corrected chi connectivity index (χ4v) is 11.4. The van der Waals surface area contributed by atoms with E-state index >= 15 is 0 Å². The van der Waals surface area contributed by atoms with E-state index in [9.17, 15) is 29.4 Å². The Bertz CT molecular complexity index is 1430. The molecule has 0 radical (unpaired) electrons. The summed E-state index contributed by atoms with van der Waals surface area (Å²) in [4.78, 5) is 51.9. The van der Waals surface area contributed by atoms with Gasteiger partial charge in [-0.25, -0.2) is 9.59 Å². The number of carboxylic acid groups (broad SMARTS) is 2. The summed E-state index contributed by atoms with van der Waals surface area (Å²) in [5.74, 6) is -2.58. The maximum atomic E-state index is 14.6. The van der Waals surface area contributed by atoms with Crippen LogP contribution in [-0.2, 0) is 23.9 Å². The summed E-state index contributed by atoms with van der Waals surface area (Å²) >= 11 is 0. The predicted octanol–water partition coefficient (Wildman–Crippen LogP) is 7.72. The van der Waals surface area contributed by atoms with Gasteiger partial charge in [-0.1, -0.05) is 72.4 Å². The second-order valence-electron chi connectivity index (χ2n) is 16.9. The zero-order valence-corrected chi connectivity index (χ0v) is 28.3. The minimum atomic E-state index is -1.26. The van der Waals surface area contributed by atoms with Crippen LogP contribution in [0.15, 0.2) is 48.1 Å². The molecule has 7 heteroatoms. The van der Waals surface area contributed by atoms with Crippen LogP contribution in [0, 0.1) is 50.2 Å². The topological polar surface area (TPSA) is 118 Å². The number of hydrogen-bond acceptors (Lipinski definition) is 5. The van der Waals surface area contributed by atoms with Gasteiger partial charge >= 0.3 is 17.9 Å². The van der Waals surface area contributed by atoms with E-state index in [1.165, 1.54) is 11.6 Å². The highest BCUT2D eigenvalue weighted by molar-refractivity contribution is 6.03. The van der Waals surface area contributed by atoms with Crippen molar-refractivity contribution in [1.29, 1.82) is 0 Å². The number of carbonyl (C=O) groups excluding carboxylic acids is 2. The van der Waals surface area contributed by atoms with Crippen LogP contribution in [0.5, 0.6) is 0 Å². The number of aliphatic carboxylic acids is 2. The van der Waals surface area contributed by atoms with Crippen molar-refractivity contribution in [3.63, 3.8) is 0 Å². The van der Waals surface area contributed by atoms with E-state index in [2.05, 4.69) is 54.7 Å². The standard InChI is InChI=1S/C38H52O7/c1-10-22(30(40)41)23(11-2)31(42)45-28-13-14-36(7)27(33(28,3)4)12-15-38(9)29(36)26(39)20-24-25-21-35(6,32(43)44)17-16-34(25,5)18-19-37(24,38)8/h10-11,20,25,27-29H,1-2,12-19,21H2,3-9H3,(H,40,41)(H,43,44)/b23-22-/t25-,27?,28-,29+,34+,35-,36-,37+,38+/m0/s1. The van der Waals surface area contributed by atoms with Gasteiger partial charge in [0.15, 0.2) is 5.78 Å². The molecule has 4 saturated carbocycles. The molecule has 0 bridgehead atoms. The van der Waals surface area contributed by atoms with Crippen molar-refractivity contribution in [3.05, 3.63) is 48.1 Å². The van der Waals surface area contributed by atoms with Crippen LogP contribution in [0.25, 0.3) is 0 Å². The number of rotatable bonds is 6. The Morgan fingerprint density at radius 2 is 1.49 bits per heavy atom. The Kier molecular flexibility index (Phi) is 7.82. The van der Waals surface area contributed by atoms with Gasteiger partial charge in [0.1, 0.15) is 6.10 Å². The maximum Gasteiger partial charge on any atom is 0.339 e. The monoisotopic (exact) mass is 620 g/mol. The van der Waals surface area contributed by atoms with Crippen LogP contribution in [-0.4, -0.2) is 40.0 Å². The van der Waals surface area contributed by atoms with Crippen LogP contribution in [0.4, 0.5) is 0 Å². The van der Waals surface area contributed by atoms with Crippen LogP contribution in [0.2, 0.25) is 0 Å². The van der Waals surface area contributed by atoms with Gasteiger partial charge in [0, 0.05) is 11.3 Å². The minimum Gasteiger partial charge on any atom is -0.481 e. The molecule has 246 valence electrons. The van der Waals surface area contributed by atoms with Crippen molar-refractivity contribution in [2.24, 2.45) is 50.2 Å². The van der Waals surface area contributed by atoms with E-state index in [-0.39, 0.29) is 56.3 Å². The van der Waals surface area contributed by atoms with Crippen LogP contribution in [0.3, 0.4) is 0 Å². The molecule has 0 aromatic carbocycles. The lowest BCUT2D eigenvalue weighted by Crippen LogP contribution is -2.66. The van der Waals surface area contributed by atoms with Crippen molar-refractivity contribution < 1.29 is 34.1 Å². The van der Waals surface area contributed by atoms with Crippen molar-refractivity contribution in [2.75, 3.05) is 0 Å².